The molecule has 0 aliphatic heterocycles. The Balaban J connectivity index is 2.43. The summed E-state index contributed by atoms with van der Waals surface area (Å²) in [5.74, 6) is 0. The zero-order valence-electron chi connectivity index (χ0n) is 11.3. The first-order valence-corrected chi connectivity index (χ1v) is 6.99. The highest BCUT2D eigenvalue weighted by Gasteiger charge is 2.15. The number of benzene rings is 2. The van der Waals surface area contributed by atoms with E-state index in [-0.39, 0.29) is 5.11 Å². The number of amides is 2. The first-order valence-electron chi connectivity index (χ1n) is 6.20. The predicted octanol–water partition coefficient (Wildman–Crippen LogP) is 3.74. The van der Waals surface area contributed by atoms with Crippen molar-refractivity contribution in [3.8, 4) is 0 Å². The molecule has 3 N–H and O–H groups in total. The molecule has 6 heteroatoms. The monoisotopic (exact) mass is 319 g/mol. The summed E-state index contributed by atoms with van der Waals surface area (Å²) in [4.78, 5) is 12.8. The fourth-order valence-corrected chi connectivity index (χ4v) is 2.27. The molecule has 0 aromatic heterocycles. The second-order valence-electron chi connectivity index (χ2n) is 4.44. The highest BCUT2D eigenvalue weighted by molar-refractivity contribution is 7.80. The number of nitrogens with zero attached hydrogens (tertiary/aromatic N) is 1. The summed E-state index contributed by atoms with van der Waals surface area (Å²) in [6, 6.07) is 14.2. The smallest absolute Gasteiger partial charge is 0.318 e. The van der Waals surface area contributed by atoms with Gasteiger partial charge >= 0.3 is 6.03 Å². The van der Waals surface area contributed by atoms with Gasteiger partial charge in [0.05, 0.1) is 0 Å². The van der Waals surface area contributed by atoms with Crippen molar-refractivity contribution in [1.29, 1.82) is 0 Å². The van der Waals surface area contributed by atoms with E-state index in [2.05, 4.69) is 5.32 Å². The summed E-state index contributed by atoms with van der Waals surface area (Å²) < 4.78 is 0. The second-order valence-corrected chi connectivity index (χ2v) is 5.26. The van der Waals surface area contributed by atoms with E-state index >= 15 is 0 Å². The van der Waals surface area contributed by atoms with Crippen LogP contribution >= 0.6 is 23.8 Å². The van der Waals surface area contributed by atoms with Crippen molar-refractivity contribution in [2.24, 2.45) is 5.73 Å². The first-order chi connectivity index (χ1) is 9.97. The highest BCUT2D eigenvalue weighted by atomic mass is 35.5. The standard InChI is InChI=1S/C15H14ClN3OS/c1-10-2-6-12(7-3-10)19(15(21)18-14(17)20)13-8-4-11(16)5-9-13/h2-9H,1H3,(H3,17,18,20,21). The molecule has 21 heavy (non-hydrogen) atoms. The van der Waals surface area contributed by atoms with Crippen LogP contribution in [0.25, 0.3) is 0 Å². The van der Waals surface area contributed by atoms with Gasteiger partial charge in [-0.2, -0.15) is 0 Å². The normalized spacial score (nSPS) is 10.0. The Morgan fingerprint density at radius 1 is 1.10 bits per heavy atom. The van der Waals surface area contributed by atoms with E-state index in [4.69, 9.17) is 29.6 Å². The van der Waals surface area contributed by atoms with Gasteiger partial charge in [0.15, 0.2) is 5.11 Å². The molecule has 0 spiro atoms. The van der Waals surface area contributed by atoms with Crippen molar-refractivity contribution in [3.63, 3.8) is 0 Å². The summed E-state index contributed by atoms with van der Waals surface area (Å²) in [7, 11) is 0. The Labute approximate surface area is 133 Å². The molecule has 0 saturated carbocycles. The second kappa shape index (κ2) is 6.56. The molecule has 0 aliphatic rings. The van der Waals surface area contributed by atoms with E-state index in [1.165, 1.54) is 0 Å². The summed E-state index contributed by atoms with van der Waals surface area (Å²) in [6.07, 6.45) is 0. The van der Waals surface area contributed by atoms with Gasteiger partial charge in [-0.3, -0.25) is 10.2 Å². The first kappa shape index (κ1) is 15.3. The molecule has 2 rings (SSSR count). The number of aryl methyl sites for hydroxylation is 1. The van der Waals surface area contributed by atoms with Crippen LogP contribution in [-0.4, -0.2) is 11.1 Å². The molecule has 4 nitrogen and oxygen atoms in total. The van der Waals surface area contributed by atoms with Crippen LogP contribution in [0, 0.1) is 6.92 Å². The minimum Gasteiger partial charge on any atom is -0.351 e. The number of hydrogen-bond donors (Lipinski definition) is 2. The van der Waals surface area contributed by atoms with Gasteiger partial charge in [0.2, 0.25) is 0 Å². The lowest BCUT2D eigenvalue weighted by Gasteiger charge is -2.25. The minimum atomic E-state index is -0.703. The number of thiocarbonyl (C=S) groups is 1. The Hall–Kier alpha value is -2.11. The maximum Gasteiger partial charge on any atom is 0.318 e. The average molecular weight is 320 g/mol. The minimum absolute atomic E-state index is 0.202. The topological polar surface area (TPSA) is 58.4 Å². The van der Waals surface area contributed by atoms with E-state index in [1.807, 2.05) is 43.3 Å². The van der Waals surface area contributed by atoms with E-state index < -0.39 is 6.03 Å². The number of nitrogens with one attached hydrogen (secondary N) is 1. The summed E-state index contributed by atoms with van der Waals surface area (Å²) >= 11 is 11.2. The van der Waals surface area contributed by atoms with Crippen LogP contribution in [0.5, 0.6) is 0 Å². The van der Waals surface area contributed by atoms with Crippen molar-refractivity contribution in [2.45, 2.75) is 6.92 Å². The average Bonchev–Trinajstić information content (AvgIpc) is 2.42. The van der Waals surface area contributed by atoms with Crippen LogP contribution in [0.15, 0.2) is 48.5 Å². The zero-order chi connectivity index (χ0) is 15.4. The van der Waals surface area contributed by atoms with Gasteiger partial charge in [0.25, 0.3) is 0 Å². The van der Waals surface area contributed by atoms with Gasteiger partial charge in [-0.25, -0.2) is 4.79 Å². The molecule has 0 unspecified atom stereocenters. The van der Waals surface area contributed by atoms with Crippen LogP contribution in [-0.2, 0) is 0 Å². The molecule has 2 amide bonds. The van der Waals surface area contributed by atoms with Crippen LogP contribution in [0.2, 0.25) is 5.02 Å². The van der Waals surface area contributed by atoms with Crippen molar-refractivity contribution >= 4 is 46.3 Å². The third kappa shape index (κ3) is 3.93. The van der Waals surface area contributed by atoms with Crippen LogP contribution in [0.4, 0.5) is 16.2 Å². The molecule has 0 radical (unpaired) electrons. The molecule has 108 valence electrons. The fourth-order valence-electron chi connectivity index (χ4n) is 1.83. The van der Waals surface area contributed by atoms with Crippen LogP contribution in [0.3, 0.4) is 0 Å². The van der Waals surface area contributed by atoms with Gasteiger partial charge in [0.1, 0.15) is 0 Å². The molecule has 0 aliphatic carbocycles. The number of carbonyl (C=O) groups excluding carboxylic acids is 1. The number of carbonyl (C=O) groups is 1. The summed E-state index contributed by atoms with van der Waals surface area (Å²) in [6.45, 7) is 2.00. The molecule has 0 saturated heterocycles. The van der Waals surface area contributed by atoms with E-state index in [9.17, 15) is 4.79 Å². The number of anilines is 2. The Morgan fingerprint density at radius 2 is 1.57 bits per heavy atom. The fraction of sp³-hybridized carbons (Fsp3) is 0.0667. The maximum absolute atomic E-state index is 11.1. The molecule has 0 bridgehead atoms. The number of halogens is 1. The lowest BCUT2D eigenvalue weighted by atomic mass is 10.2. The van der Waals surface area contributed by atoms with Crippen LogP contribution < -0.4 is 16.0 Å². The van der Waals surface area contributed by atoms with Gasteiger partial charge < -0.3 is 5.73 Å². The van der Waals surface area contributed by atoms with Crippen molar-refractivity contribution < 1.29 is 4.79 Å². The third-order valence-corrected chi connectivity index (χ3v) is 3.35. The molecule has 0 heterocycles. The predicted molar refractivity (Wildman–Crippen MR) is 90.1 cm³/mol. The van der Waals surface area contributed by atoms with E-state index in [0.29, 0.717) is 5.02 Å². The van der Waals surface area contributed by atoms with E-state index in [1.54, 1.807) is 17.0 Å². The number of primary amides is 1. The van der Waals surface area contributed by atoms with Gasteiger partial charge in [0, 0.05) is 16.4 Å². The lowest BCUT2D eigenvalue weighted by Crippen LogP contribution is -2.42. The van der Waals surface area contributed by atoms with Gasteiger partial charge in [-0.15, -0.1) is 0 Å². The largest absolute Gasteiger partial charge is 0.351 e. The summed E-state index contributed by atoms with van der Waals surface area (Å²) in [5, 5.41) is 3.26. The van der Waals surface area contributed by atoms with Crippen molar-refractivity contribution in [2.75, 3.05) is 4.90 Å². The molecular weight excluding hydrogens is 306 g/mol. The number of nitrogens with two attached hydrogens (primary N) is 1. The quantitative estimate of drug-likeness (QED) is 0.829. The summed E-state index contributed by atoms with van der Waals surface area (Å²) in [5.41, 5.74) is 7.88. The highest BCUT2D eigenvalue weighted by Crippen LogP contribution is 2.27. The Morgan fingerprint density at radius 3 is 2.05 bits per heavy atom. The SMILES string of the molecule is Cc1ccc(N(C(=S)NC(N)=O)c2ccc(Cl)cc2)cc1. The van der Waals surface area contributed by atoms with Crippen molar-refractivity contribution in [3.05, 3.63) is 59.1 Å². The number of rotatable bonds is 2. The molecule has 2 aromatic rings. The molecule has 0 fully saturated rings. The van der Waals surface area contributed by atoms with Crippen molar-refractivity contribution in [1.82, 2.24) is 5.32 Å². The zero-order valence-corrected chi connectivity index (χ0v) is 12.9. The van der Waals surface area contributed by atoms with E-state index in [0.717, 1.165) is 16.9 Å². The van der Waals surface area contributed by atoms with Crippen LogP contribution in [0.1, 0.15) is 5.56 Å². The third-order valence-electron chi connectivity index (χ3n) is 2.81. The molecule has 0 atom stereocenters. The van der Waals surface area contributed by atoms with Gasteiger partial charge in [-0.1, -0.05) is 29.3 Å². The van der Waals surface area contributed by atoms with Gasteiger partial charge in [-0.05, 0) is 55.5 Å². The Bertz CT molecular complexity index is 610. The molecule has 2 aromatic carbocycles. The Kier molecular flexibility index (Phi) is 4.77. The maximum atomic E-state index is 11.1. The molecular formula is C15H14ClN3OS. The number of hydrogen-bond acceptors (Lipinski definition) is 2. The lowest BCUT2D eigenvalue weighted by molar-refractivity contribution is 0.253. The number of urea groups is 1.